The molecule has 4 atom stereocenters. The van der Waals surface area contributed by atoms with Crippen LogP contribution >= 0.6 is 8.60 Å². The maximum Gasteiger partial charge on any atom is 0.335 e. The molecule has 0 bridgehead atoms. The molecule has 9 nitrogen and oxygen atoms in total. The first-order valence-corrected chi connectivity index (χ1v) is 26.5. The highest BCUT2D eigenvalue weighted by Crippen LogP contribution is 2.65. The lowest BCUT2D eigenvalue weighted by molar-refractivity contribution is -0.176. The second-order valence-electron chi connectivity index (χ2n) is 19.7. The summed E-state index contributed by atoms with van der Waals surface area (Å²) < 4.78 is 49.3. The molecule has 0 aliphatic carbocycles. The molecule has 10 heteroatoms. The minimum Gasteiger partial charge on any atom is -0.478 e. The SMILES string of the molecule is CC1(C)O[C@@H]2[C@@H](O1)C(c1ccccc1)(c1ccccc1)OP(OCc1cccc(-c3ccc(CC(C4=N[C@H](c5ccccc5)CO4)C4=N[C@H](c5ccccc5)CO4)cc3)c1)OC2(c1ccccc1)c1ccccc1. The van der Waals surface area contributed by atoms with Crippen LogP contribution in [0.3, 0.4) is 0 Å². The summed E-state index contributed by atoms with van der Waals surface area (Å²) in [5.74, 6) is 0.0540. The Morgan fingerprint density at radius 3 is 1.32 bits per heavy atom. The number of aliphatic imine (C=N–C) groups is 2. The fourth-order valence-electron chi connectivity index (χ4n) is 10.9. The van der Waals surface area contributed by atoms with Gasteiger partial charge in [0.1, 0.15) is 43.4 Å². The Balaban J connectivity index is 0.859. The highest BCUT2D eigenvalue weighted by Gasteiger charge is 2.67. The summed E-state index contributed by atoms with van der Waals surface area (Å²) in [5, 5.41) is 0. The van der Waals surface area contributed by atoms with Crippen molar-refractivity contribution in [2.24, 2.45) is 15.9 Å². The van der Waals surface area contributed by atoms with E-state index in [0.717, 1.165) is 55.6 Å². The molecule has 0 spiro atoms. The number of fused-ring (bicyclic) bond motifs is 1. The van der Waals surface area contributed by atoms with E-state index in [1.54, 1.807) is 0 Å². The molecular formula is C64H57N2O7P. The van der Waals surface area contributed by atoms with Gasteiger partial charge in [-0.15, -0.1) is 0 Å². The largest absolute Gasteiger partial charge is 0.478 e. The Labute approximate surface area is 434 Å². The number of rotatable bonds is 14. The van der Waals surface area contributed by atoms with E-state index < -0.39 is 37.8 Å². The first kappa shape index (κ1) is 47.9. The van der Waals surface area contributed by atoms with Crippen molar-refractivity contribution in [2.75, 3.05) is 13.2 Å². The third-order valence-electron chi connectivity index (χ3n) is 14.4. The van der Waals surface area contributed by atoms with Crippen LogP contribution in [0.25, 0.3) is 11.1 Å². The molecule has 0 saturated carbocycles. The predicted molar refractivity (Wildman–Crippen MR) is 289 cm³/mol. The molecule has 0 amide bonds. The molecule has 370 valence electrons. The number of hydrogen-bond donors (Lipinski definition) is 0. The molecule has 0 N–H and O–H groups in total. The Morgan fingerprint density at radius 2 is 0.892 bits per heavy atom. The van der Waals surface area contributed by atoms with Crippen LogP contribution in [-0.4, -0.2) is 43.0 Å². The van der Waals surface area contributed by atoms with E-state index in [9.17, 15) is 0 Å². The van der Waals surface area contributed by atoms with Gasteiger partial charge in [-0.3, -0.25) is 9.05 Å². The van der Waals surface area contributed by atoms with Crippen molar-refractivity contribution < 1.29 is 32.5 Å². The van der Waals surface area contributed by atoms with Crippen molar-refractivity contribution in [1.29, 1.82) is 0 Å². The molecular weight excluding hydrogens is 940 g/mol. The molecule has 0 radical (unpaired) electrons. The van der Waals surface area contributed by atoms with Crippen LogP contribution in [0, 0.1) is 5.92 Å². The smallest absolute Gasteiger partial charge is 0.335 e. The number of hydrogen-bond acceptors (Lipinski definition) is 9. The molecule has 12 rings (SSSR count). The minimum absolute atomic E-state index is 0.0816. The minimum atomic E-state index is -2.17. The van der Waals surface area contributed by atoms with E-state index in [1.807, 2.05) is 123 Å². The number of nitrogens with zero attached hydrogens (tertiary/aromatic N) is 2. The third kappa shape index (κ3) is 9.41. The molecule has 0 unspecified atom stereocenters. The maximum atomic E-state index is 7.57. The Kier molecular flexibility index (Phi) is 13.4. The first-order chi connectivity index (χ1) is 36.3. The van der Waals surface area contributed by atoms with Gasteiger partial charge in [0.25, 0.3) is 0 Å². The first-order valence-electron chi connectivity index (χ1n) is 25.4. The fraction of sp³-hybridized carbons (Fsp3) is 0.219. The zero-order chi connectivity index (χ0) is 50.0. The summed E-state index contributed by atoms with van der Waals surface area (Å²) in [6, 6.07) is 78.7. The summed E-state index contributed by atoms with van der Waals surface area (Å²) in [5.41, 5.74) is 7.61. The number of benzene rings is 8. The van der Waals surface area contributed by atoms with Gasteiger partial charge in [0.2, 0.25) is 0 Å². The molecule has 0 aromatic heterocycles. The van der Waals surface area contributed by atoms with Gasteiger partial charge in [-0.05, 0) is 82.0 Å². The molecule has 74 heavy (non-hydrogen) atoms. The standard InChI is InChI=1S/C64H57N2O7P/c1-62(2)70-58-59(71-62)64(53-32-17-7-18-33-53,54-34-19-8-20-35-54)73-74(72-63(58,51-28-13-5-14-29-51)52-30-15-6-16-31-52)69-42-46-22-21-27-50(40-46)47-38-36-45(37-39-47)41-55(60-65-56(43-67-60)48-23-9-3-10-24-48)61-66-57(44-68-61)49-25-11-4-12-26-49/h3-40,55-59H,41-44H2,1-2H3/t56-,57-,58+,59+/m0/s1. The number of ether oxygens (including phenoxy) is 4. The van der Waals surface area contributed by atoms with Gasteiger partial charge in [0, 0.05) is 0 Å². The van der Waals surface area contributed by atoms with Crippen LogP contribution in [0.1, 0.15) is 70.4 Å². The van der Waals surface area contributed by atoms with Crippen LogP contribution in [0.4, 0.5) is 0 Å². The lowest BCUT2D eigenvalue weighted by Gasteiger charge is -2.41. The summed E-state index contributed by atoms with van der Waals surface area (Å²) in [6.07, 6.45) is -0.778. The average Bonchev–Trinajstić information content (AvgIpc) is 4.23. The molecule has 4 heterocycles. The average molecular weight is 997 g/mol. The monoisotopic (exact) mass is 996 g/mol. The molecule has 2 saturated heterocycles. The Morgan fingerprint density at radius 1 is 0.473 bits per heavy atom. The van der Waals surface area contributed by atoms with Gasteiger partial charge in [0.15, 0.2) is 28.8 Å². The van der Waals surface area contributed by atoms with Crippen LogP contribution in [0.2, 0.25) is 0 Å². The summed E-state index contributed by atoms with van der Waals surface area (Å²) in [4.78, 5) is 10.2. The van der Waals surface area contributed by atoms with Crippen molar-refractivity contribution in [3.8, 4) is 11.1 Å². The maximum absolute atomic E-state index is 7.57. The highest BCUT2D eigenvalue weighted by atomic mass is 31.2. The van der Waals surface area contributed by atoms with Crippen molar-refractivity contribution in [2.45, 2.75) is 68.2 Å². The van der Waals surface area contributed by atoms with Crippen LogP contribution in [-0.2, 0) is 56.7 Å². The van der Waals surface area contributed by atoms with Gasteiger partial charge in [-0.1, -0.05) is 224 Å². The third-order valence-corrected chi connectivity index (χ3v) is 15.7. The van der Waals surface area contributed by atoms with E-state index in [0.29, 0.717) is 31.4 Å². The van der Waals surface area contributed by atoms with Crippen molar-refractivity contribution >= 4 is 20.4 Å². The topological polar surface area (TPSA) is 89.3 Å². The van der Waals surface area contributed by atoms with Crippen molar-refractivity contribution in [3.63, 3.8) is 0 Å². The van der Waals surface area contributed by atoms with E-state index in [4.69, 9.17) is 42.5 Å². The van der Waals surface area contributed by atoms with Crippen LogP contribution in [0.5, 0.6) is 0 Å². The van der Waals surface area contributed by atoms with Gasteiger partial charge in [0.05, 0.1) is 6.61 Å². The summed E-state index contributed by atoms with van der Waals surface area (Å²) >= 11 is 0. The zero-order valence-electron chi connectivity index (χ0n) is 41.4. The van der Waals surface area contributed by atoms with E-state index >= 15 is 0 Å². The highest BCUT2D eigenvalue weighted by molar-refractivity contribution is 7.41. The van der Waals surface area contributed by atoms with Crippen LogP contribution in [0.15, 0.2) is 241 Å². The van der Waals surface area contributed by atoms with E-state index in [2.05, 4.69) is 121 Å². The second-order valence-corrected chi connectivity index (χ2v) is 20.7. The van der Waals surface area contributed by atoms with Gasteiger partial charge in [-0.2, -0.15) is 0 Å². The second kappa shape index (κ2) is 20.7. The zero-order valence-corrected chi connectivity index (χ0v) is 42.2. The lowest BCUT2D eigenvalue weighted by atomic mass is 9.72. The van der Waals surface area contributed by atoms with Gasteiger partial charge in [-0.25, -0.2) is 9.98 Å². The molecule has 8 aromatic rings. The van der Waals surface area contributed by atoms with Gasteiger partial charge < -0.3 is 23.5 Å². The quantitative estimate of drug-likeness (QED) is 0.100. The summed E-state index contributed by atoms with van der Waals surface area (Å²) in [7, 11) is -2.17. The normalized spacial score (nSPS) is 21.7. The van der Waals surface area contributed by atoms with Crippen LogP contribution < -0.4 is 0 Å². The molecule has 2 fully saturated rings. The molecule has 4 aliphatic heterocycles. The summed E-state index contributed by atoms with van der Waals surface area (Å²) in [6.45, 7) is 5.09. The lowest BCUT2D eigenvalue weighted by Crippen LogP contribution is -2.53. The Hall–Kier alpha value is -7.07. The van der Waals surface area contributed by atoms with E-state index in [1.165, 1.54) is 0 Å². The van der Waals surface area contributed by atoms with Crippen molar-refractivity contribution in [3.05, 3.63) is 275 Å². The molecule has 8 aromatic carbocycles. The van der Waals surface area contributed by atoms with Crippen molar-refractivity contribution in [1.82, 2.24) is 0 Å². The Bertz CT molecular complexity index is 2970. The fourth-order valence-corrected chi connectivity index (χ4v) is 12.4. The van der Waals surface area contributed by atoms with E-state index in [-0.39, 0.29) is 24.6 Å². The molecule has 4 aliphatic rings. The van der Waals surface area contributed by atoms with Gasteiger partial charge >= 0.3 is 8.60 Å². The predicted octanol–water partition coefficient (Wildman–Crippen LogP) is 14.1.